The van der Waals surface area contributed by atoms with Gasteiger partial charge in [0, 0.05) is 10.6 Å². The van der Waals surface area contributed by atoms with Crippen molar-refractivity contribution in [2.45, 2.75) is 31.8 Å². The Morgan fingerprint density at radius 3 is 2.12 bits per heavy atom. The van der Waals surface area contributed by atoms with Crippen LogP contribution < -0.4 is 0 Å². The fourth-order valence-corrected chi connectivity index (χ4v) is 2.22. The molecule has 1 aromatic carbocycles. The van der Waals surface area contributed by atoms with E-state index < -0.39 is 11.7 Å². The summed E-state index contributed by atoms with van der Waals surface area (Å²) in [5.41, 5.74) is -0.520. The first-order chi connectivity index (χ1) is 7.20. The number of rotatable bonds is 2. The SMILES string of the molecule is CC(C)(C)CSc1ccccc1C(F)(F)F. The molecule has 0 heterocycles. The molecule has 0 aliphatic rings. The lowest BCUT2D eigenvalue weighted by Crippen LogP contribution is -2.10. The van der Waals surface area contributed by atoms with Gasteiger partial charge in [0.05, 0.1) is 5.56 Å². The molecule has 0 bridgehead atoms. The second-order valence-corrected chi connectivity index (χ2v) is 5.86. The molecule has 0 atom stereocenters. The Labute approximate surface area is 98.2 Å². The van der Waals surface area contributed by atoms with E-state index in [1.54, 1.807) is 6.07 Å². The van der Waals surface area contributed by atoms with Crippen LogP contribution in [0.25, 0.3) is 0 Å². The van der Waals surface area contributed by atoms with Gasteiger partial charge in [-0.2, -0.15) is 13.2 Å². The molecule has 0 aromatic heterocycles. The average Bonchev–Trinajstić information content (AvgIpc) is 2.12. The number of hydrogen-bond donors (Lipinski definition) is 0. The van der Waals surface area contributed by atoms with Gasteiger partial charge in [0.1, 0.15) is 0 Å². The lowest BCUT2D eigenvalue weighted by molar-refractivity contribution is -0.139. The summed E-state index contributed by atoms with van der Waals surface area (Å²) in [5.74, 6) is 0.667. The van der Waals surface area contributed by atoms with Crippen molar-refractivity contribution in [1.82, 2.24) is 0 Å². The van der Waals surface area contributed by atoms with Gasteiger partial charge in [-0.3, -0.25) is 0 Å². The normalized spacial score (nSPS) is 12.9. The Balaban J connectivity index is 2.88. The number of thioether (sulfide) groups is 1. The van der Waals surface area contributed by atoms with Crippen LogP contribution >= 0.6 is 11.8 Å². The fourth-order valence-electron chi connectivity index (χ4n) is 1.12. The largest absolute Gasteiger partial charge is 0.417 e. The minimum atomic E-state index is -4.26. The molecule has 0 spiro atoms. The first kappa shape index (κ1) is 13.4. The van der Waals surface area contributed by atoms with E-state index in [0.717, 1.165) is 6.07 Å². The van der Waals surface area contributed by atoms with Crippen molar-refractivity contribution in [3.8, 4) is 0 Å². The number of alkyl halides is 3. The van der Waals surface area contributed by atoms with Crippen LogP contribution in [0.2, 0.25) is 0 Å². The predicted octanol–water partition coefficient (Wildman–Crippen LogP) is 4.84. The van der Waals surface area contributed by atoms with Gasteiger partial charge >= 0.3 is 6.18 Å². The van der Waals surface area contributed by atoms with Gasteiger partial charge in [-0.15, -0.1) is 11.8 Å². The molecular weight excluding hydrogens is 233 g/mol. The predicted molar refractivity (Wildman–Crippen MR) is 61.6 cm³/mol. The lowest BCUT2D eigenvalue weighted by atomic mass is 10.0. The molecule has 0 nitrogen and oxygen atoms in total. The van der Waals surface area contributed by atoms with Crippen molar-refractivity contribution in [2.75, 3.05) is 5.75 Å². The van der Waals surface area contributed by atoms with Gasteiger partial charge in [-0.1, -0.05) is 32.9 Å². The number of halogens is 3. The summed E-state index contributed by atoms with van der Waals surface area (Å²) in [4.78, 5) is 0.310. The second-order valence-electron chi connectivity index (χ2n) is 4.84. The molecule has 0 radical (unpaired) electrons. The highest BCUT2D eigenvalue weighted by Crippen LogP contribution is 2.38. The van der Waals surface area contributed by atoms with E-state index in [9.17, 15) is 13.2 Å². The standard InChI is InChI=1S/C12H15F3S/c1-11(2,3)8-16-10-7-5-4-6-9(10)12(13,14)15/h4-7H,8H2,1-3H3. The van der Waals surface area contributed by atoms with Crippen LogP contribution in [-0.2, 0) is 6.18 Å². The highest BCUT2D eigenvalue weighted by Gasteiger charge is 2.33. The summed E-state index contributed by atoms with van der Waals surface area (Å²) >= 11 is 1.26. The lowest BCUT2D eigenvalue weighted by Gasteiger charge is -2.19. The summed E-state index contributed by atoms with van der Waals surface area (Å²) in [6.07, 6.45) is -4.26. The first-order valence-electron chi connectivity index (χ1n) is 4.99. The van der Waals surface area contributed by atoms with E-state index in [-0.39, 0.29) is 5.41 Å². The van der Waals surface area contributed by atoms with Crippen molar-refractivity contribution < 1.29 is 13.2 Å². The molecule has 0 aliphatic carbocycles. The van der Waals surface area contributed by atoms with E-state index in [1.165, 1.54) is 23.9 Å². The molecule has 0 fully saturated rings. The Morgan fingerprint density at radius 2 is 1.62 bits per heavy atom. The summed E-state index contributed by atoms with van der Waals surface area (Å²) < 4.78 is 38.0. The minimum absolute atomic E-state index is 0.0172. The van der Waals surface area contributed by atoms with Crippen molar-refractivity contribution in [3.05, 3.63) is 29.8 Å². The van der Waals surface area contributed by atoms with Gasteiger partial charge in [0.2, 0.25) is 0 Å². The molecule has 0 aliphatic heterocycles. The summed E-state index contributed by atoms with van der Waals surface area (Å²) in [7, 11) is 0. The Kier molecular flexibility index (Phi) is 3.94. The molecule has 0 amide bonds. The average molecular weight is 248 g/mol. The molecule has 1 aromatic rings. The molecular formula is C12H15F3S. The quantitative estimate of drug-likeness (QED) is 0.674. The molecule has 1 rings (SSSR count). The van der Waals surface area contributed by atoms with Crippen LogP contribution in [0.5, 0.6) is 0 Å². The molecule has 90 valence electrons. The maximum atomic E-state index is 12.7. The van der Waals surface area contributed by atoms with Gasteiger partial charge < -0.3 is 0 Å². The molecule has 16 heavy (non-hydrogen) atoms. The van der Waals surface area contributed by atoms with E-state index in [2.05, 4.69) is 0 Å². The van der Waals surface area contributed by atoms with Gasteiger partial charge in [-0.25, -0.2) is 0 Å². The molecule has 0 saturated carbocycles. The molecule has 0 saturated heterocycles. The minimum Gasteiger partial charge on any atom is -0.166 e. The van der Waals surface area contributed by atoms with E-state index in [1.807, 2.05) is 20.8 Å². The summed E-state index contributed by atoms with van der Waals surface area (Å²) in [5, 5.41) is 0. The highest BCUT2D eigenvalue weighted by atomic mass is 32.2. The Hall–Kier alpha value is -0.640. The highest BCUT2D eigenvalue weighted by molar-refractivity contribution is 7.99. The van der Waals surface area contributed by atoms with Crippen molar-refractivity contribution in [1.29, 1.82) is 0 Å². The first-order valence-corrected chi connectivity index (χ1v) is 5.98. The van der Waals surface area contributed by atoms with E-state index in [4.69, 9.17) is 0 Å². The third-order valence-corrected chi connectivity index (χ3v) is 3.53. The van der Waals surface area contributed by atoms with E-state index in [0.29, 0.717) is 10.6 Å². The van der Waals surface area contributed by atoms with Gasteiger partial charge in [0.25, 0.3) is 0 Å². The zero-order valence-corrected chi connectivity index (χ0v) is 10.4. The second kappa shape index (κ2) is 4.70. The summed E-state index contributed by atoms with van der Waals surface area (Å²) in [6, 6.07) is 5.72. The van der Waals surface area contributed by atoms with Crippen molar-refractivity contribution in [2.24, 2.45) is 5.41 Å². The van der Waals surface area contributed by atoms with Gasteiger partial charge in [-0.05, 0) is 17.5 Å². The van der Waals surface area contributed by atoms with E-state index >= 15 is 0 Å². The Morgan fingerprint density at radius 1 is 1.06 bits per heavy atom. The monoisotopic (exact) mass is 248 g/mol. The maximum Gasteiger partial charge on any atom is 0.417 e. The summed E-state index contributed by atoms with van der Waals surface area (Å²) in [6.45, 7) is 6.03. The number of benzene rings is 1. The third-order valence-electron chi connectivity index (χ3n) is 1.85. The van der Waals surface area contributed by atoms with Crippen LogP contribution in [0, 0.1) is 5.41 Å². The number of hydrogen-bond acceptors (Lipinski definition) is 1. The van der Waals surface area contributed by atoms with Crippen LogP contribution in [0.1, 0.15) is 26.3 Å². The topological polar surface area (TPSA) is 0 Å². The van der Waals surface area contributed by atoms with Crippen LogP contribution in [0.3, 0.4) is 0 Å². The zero-order chi connectivity index (χ0) is 12.4. The van der Waals surface area contributed by atoms with Crippen LogP contribution in [0.15, 0.2) is 29.2 Å². The third kappa shape index (κ3) is 4.08. The van der Waals surface area contributed by atoms with Crippen molar-refractivity contribution in [3.63, 3.8) is 0 Å². The molecule has 4 heteroatoms. The van der Waals surface area contributed by atoms with Crippen LogP contribution in [0.4, 0.5) is 13.2 Å². The van der Waals surface area contributed by atoms with Crippen LogP contribution in [-0.4, -0.2) is 5.75 Å². The molecule has 0 N–H and O–H groups in total. The van der Waals surface area contributed by atoms with Crippen molar-refractivity contribution >= 4 is 11.8 Å². The zero-order valence-electron chi connectivity index (χ0n) is 9.56. The smallest absolute Gasteiger partial charge is 0.166 e. The fraction of sp³-hybridized carbons (Fsp3) is 0.500. The van der Waals surface area contributed by atoms with Gasteiger partial charge in [0.15, 0.2) is 0 Å². The maximum absolute atomic E-state index is 12.7. The molecule has 0 unspecified atom stereocenters. The Bertz CT molecular complexity index is 350.